The average molecular weight is 364 g/mol. The predicted octanol–water partition coefficient (Wildman–Crippen LogP) is 2.32. The van der Waals surface area contributed by atoms with E-state index in [-0.39, 0.29) is 29.6 Å². The van der Waals surface area contributed by atoms with Crippen molar-refractivity contribution < 1.29 is 18.0 Å². The Hall–Kier alpha value is -1.89. The zero-order chi connectivity index (χ0) is 17.9. The number of hydrogen-bond acceptors (Lipinski definition) is 5. The van der Waals surface area contributed by atoms with Crippen LogP contribution in [0.3, 0.4) is 0 Å². The molecule has 2 aliphatic rings. The number of rotatable bonds is 6. The third-order valence-electron chi connectivity index (χ3n) is 4.75. The van der Waals surface area contributed by atoms with E-state index in [1.54, 1.807) is 4.90 Å². The van der Waals surface area contributed by atoms with Crippen LogP contribution in [0, 0.1) is 0 Å². The van der Waals surface area contributed by atoms with E-state index in [9.17, 15) is 13.2 Å². The zero-order valence-corrected chi connectivity index (χ0v) is 15.2. The van der Waals surface area contributed by atoms with E-state index in [1.165, 1.54) is 0 Å². The Morgan fingerprint density at radius 2 is 2.08 bits per heavy atom. The molecule has 1 aromatic rings. The Labute approximate surface area is 148 Å². The Bertz CT molecular complexity index is 746. The summed E-state index contributed by atoms with van der Waals surface area (Å²) in [4.78, 5) is 20.1. The molecular weight excluding hydrogens is 340 g/mol. The lowest BCUT2D eigenvalue weighted by atomic mass is 10.0. The van der Waals surface area contributed by atoms with Crippen molar-refractivity contribution in [2.75, 3.05) is 18.1 Å². The molecule has 7 heteroatoms. The van der Waals surface area contributed by atoms with E-state index in [4.69, 9.17) is 4.84 Å². The van der Waals surface area contributed by atoms with Crippen molar-refractivity contribution in [3.05, 3.63) is 35.9 Å². The van der Waals surface area contributed by atoms with Crippen LogP contribution in [0.25, 0.3) is 0 Å². The second-order valence-corrected chi connectivity index (χ2v) is 8.88. The number of benzene rings is 1. The standard InChI is InChI=1S/C18H24N2O4S/c1-2-3-10-20(15-9-11-25(22,23)13-15)18(21)16-12-17(24-19-16)14-7-5-4-6-8-14/h4-8,15,17H,2-3,9-13H2,1H3. The summed E-state index contributed by atoms with van der Waals surface area (Å²) in [5.41, 5.74) is 1.37. The van der Waals surface area contributed by atoms with Gasteiger partial charge in [0.25, 0.3) is 5.91 Å². The molecule has 1 amide bonds. The molecule has 0 spiro atoms. The first-order chi connectivity index (χ1) is 12.0. The monoisotopic (exact) mass is 364 g/mol. The van der Waals surface area contributed by atoms with Crippen LogP contribution in [-0.4, -0.2) is 49.0 Å². The number of oxime groups is 1. The zero-order valence-electron chi connectivity index (χ0n) is 14.4. The fourth-order valence-corrected chi connectivity index (χ4v) is 5.05. The molecule has 0 saturated carbocycles. The van der Waals surface area contributed by atoms with Gasteiger partial charge < -0.3 is 9.74 Å². The van der Waals surface area contributed by atoms with Crippen LogP contribution in [0.15, 0.2) is 35.5 Å². The summed E-state index contributed by atoms with van der Waals surface area (Å²) < 4.78 is 23.6. The second kappa shape index (κ2) is 7.56. The number of carbonyl (C=O) groups excluding carboxylic acids is 1. The Kier molecular flexibility index (Phi) is 5.42. The molecule has 136 valence electrons. The van der Waals surface area contributed by atoms with E-state index in [2.05, 4.69) is 12.1 Å². The van der Waals surface area contributed by atoms with Crippen LogP contribution in [0.2, 0.25) is 0 Å². The van der Waals surface area contributed by atoms with Gasteiger partial charge in [0.2, 0.25) is 0 Å². The van der Waals surface area contributed by atoms with Crippen molar-refractivity contribution in [1.29, 1.82) is 0 Å². The van der Waals surface area contributed by atoms with E-state index in [1.807, 2.05) is 30.3 Å². The van der Waals surface area contributed by atoms with Crippen LogP contribution in [-0.2, 0) is 19.5 Å². The van der Waals surface area contributed by atoms with Gasteiger partial charge in [-0.3, -0.25) is 4.79 Å². The van der Waals surface area contributed by atoms with Crippen LogP contribution < -0.4 is 0 Å². The van der Waals surface area contributed by atoms with Gasteiger partial charge in [0.05, 0.1) is 11.5 Å². The predicted molar refractivity (Wildman–Crippen MR) is 96.0 cm³/mol. The van der Waals surface area contributed by atoms with E-state index in [0.29, 0.717) is 25.1 Å². The maximum atomic E-state index is 12.9. The van der Waals surface area contributed by atoms with Crippen LogP contribution in [0.4, 0.5) is 0 Å². The van der Waals surface area contributed by atoms with E-state index in [0.717, 1.165) is 18.4 Å². The quantitative estimate of drug-likeness (QED) is 0.776. The highest BCUT2D eigenvalue weighted by atomic mass is 32.2. The highest BCUT2D eigenvalue weighted by molar-refractivity contribution is 7.91. The highest BCUT2D eigenvalue weighted by Gasteiger charge is 2.37. The van der Waals surface area contributed by atoms with Gasteiger partial charge in [-0.25, -0.2) is 8.42 Å². The minimum Gasteiger partial charge on any atom is -0.387 e. The molecule has 2 unspecified atom stereocenters. The number of hydrogen-bond donors (Lipinski definition) is 0. The average Bonchev–Trinajstić information content (AvgIpc) is 3.23. The number of nitrogens with zero attached hydrogens (tertiary/aromatic N) is 2. The van der Waals surface area contributed by atoms with E-state index >= 15 is 0 Å². The van der Waals surface area contributed by atoms with Crippen molar-refractivity contribution in [2.45, 2.75) is 44.8 Å². The van der Waals surface area contributed by atoms with Gasteiger partial charge >= 0.3 is 0 Å². The molecule has 3 rings (SSSR count). The molecule has 2 aliphatic heterocycles. The second-order valence-electron chi connectivity index (χ2n) is 6.66. The summed E-state index contributed by atoms with van der Waals surface area (Å²) in [6.07, 6.45) is 2.47. The van der Waals surface area contributed by atoms with Crippen molar-refractivity contribution in [3.63, 3.8) is 0 Å². The SMILES string of the molecule is CCCCN(C(=O)C1=NOC(c2ccccc2)C1)C1CCS(=O)(=O)C1. The molecule has 6 nitrogen and oxygen atoms in total. The summed E-state index contributed by atoms with van der Waals surface area (Å²) >= 11 is 0. The molecule has 1 aromatic carbocycles. The third-order valence-corrected chi connectivity index (χ3v) is 6.50. The summed E-state index contributed by atoms with van der Waals surface area (Å²) in [5.74, 6) is 0.0241. The molecule has 0 aliphatic carbocycles. The maximum absolute atomic E-state index is 12.9. The first-order valence-corrected chi connectivity index (χ1v) is 10.6. The molecule has 1 fully saturated rings. The summed E-state index contributed by atoms with van der Waals surface area (Å²) in [5, 5.41) is 4.01. The van der Waals surface area contributed by atoms with Gasteiger partial charge in [0, 0.05) is 19.0 Å². The molecular formula is C18H24N2O4S. The van der Waals surface area contributed by atoms with Crippen molar-refractivity contribution in [3.8, 4) is 0 Å². The van der Waals surface area contributed by atoms with Gasteiger partial charge in [0.15, 0.2) is 15.9 Å². The number of sulfone groups is 1. The maximum Gasteiger partial charge on any atom is 0.272 e. The Balaban J connectivity index is 1.70. The van der Waals surface area contributed by atoms with Gasteiger partial charge in [-0.15, -0.1) is 0 Å². The van der Waals surface area contributed by atoms with Gasteiger partial charge in [-0.2, -0.15) is 0 Å². The molecule has 2 atom stereocenters. The lowest BCUT2D eigenvalue weighted by Crippen LogP contribution is -2.45. The number of amides is 1. The fraction of sp³-hybridized carbons (Fsp3) is 0.556. The van der Waals surface area contributed by atoms with Crippen LogP contribution >= 0.6 is 0 Å². The molecule has 1 saturated heterocycles. The minimum atomic E-state index is -3.04. The van der Waals surface area contributed by atoms with Gasteiger partial charge in [0.1, 0.15) is 5.71 Å². The molecule has 0 aromatic heterocycles. The lowest BCUT2D eigenvalue weighted by Gasteiger charge is -2.28. The molecule has 25 heavy (non-hydrogen) atoms. The number of unbranched alkanes of at least 4 members (excludes halogenated alkanes) is 1. The summed E-state index contributed by atoms with van der Waals surface area (Å²) in [7, 11) is -3.04. The van der Waals surface area contributed by atoms with Crippen molar-refractivity contribution in [2.24, 2.45) is 5.16 Å². The Morgan fingerprint density at radius 3 is 2.72 bits per heavy atom. The van der Waals surface area contributed by atoms with Crippen LogP contribution in [0.5, 0.6) is 0 Å². The summed E-state index contributed by atoms with van der Waals surface area (Å²) in [6.45, 7) is 2.61. The van der Waals surface area contributed by atoms with Gasteiger partial charge in [-0.1, -0.05) is 48.8 Å². The van der Waals surface area contributed by atoms with Crippen LogP contribution in [0.1, 0.15) is 44.3 Å². The van der Waals surface area contributed by atoms with Crippen molar-refractivity contribution >= 4 is 21.5 Å². The van der Waals surface area contributed by atoms with Crippen molar-refractivity contribution in [1.82, 2.24) is 4.90 Å². The first kappa shape index (κ1) is 17.9. The first-order valence-electron chi connectivity index (χ1n) is 8.79. The third kappa shape index (κ3) is 4.21. The van der Waals surface area contributed by atoms with Gasteiger partial charge in [-0.05, 0) is 18.4 Å². The molecule has 0 radical (unpaired) electrons. The number of carbonyl (C=O) groups is 1. The lowest BCUT2D eigenvalue weighted by molar-refractivity contribution is -0.126. The Morgan fingerprint density at radius 1 is 1.32 bits per heavy atom. The normalized spacial score (nSPS) is 24.6. The fourth-order valence-electron chi connectivity index (χ4n) is 3.32. The molecule has 2 heterocycles. The smallest absolute Gasteiger partial charge is 0.272 e. The minimum absolute atomic E-state index is 0.0543. The molecule has 0 N–H and O–H groups in total. The highest BCUT2D eigenvalue weighted by Crippen LogP contribution is 2.28. The molecule has 0 bridgehead atoms. The topological polar surface area (TPSA) is 76.0 Å². The largest absolute Gasteiger partial charge is 0.387 e. The van der Waals surface area contributed by atoms with E-state index < -0.39 is 9.84 Å². The summed E-state index contributed by atoms with van der Waals surface area (Å²) in [6, 6.07) is 9.43.